The van der Waals surface area contributed by atoms with E-state index >= 15 is 0 Å². The molecule has 1 aliphatic rings. The third kappa shape index (κ3) is 5.87. The largest absolute Gasteiger partial charge is 0.497 e. The van der Waals surface area contributed by atoms with Crippen LogP contribution in [0.4, 0.5) is 5.69 Å². The predicted molar refractivity (Wildman–Crippen MR) is 127 cm³/mol. The molecule has 3 rings (SSSR count). The number of nitrogens with one attached hydrogen (secondary N) is 1. The zero-order valence-corrected chi connectivity index (χ0v) is 20.4. The number of hydrogen-bond acceptors (Lipinski definition) is 8. The second kappa shape index (κ2) is 11.3. The summed E-state index contributed by atoms with van der Waals surface area (Å²) in [6.07, 6.45) is 0.814. The third-order valence-electron chi connectivity index (χ3n) is 5.72. The Kier molecular flexibility index (Phi) is 8.51. The highest BCUT2D eigenvalue weighted by molar-refractivity contribution is 7.89. The number of ether oxygens (including phenoxy) is 3. The molecule has 0 saturated carbocycles. The van der Waals surface area contributed by atoms with Gasteiger partial charge in [-0.3, -0.25) is 9.59 Å². The SMILES string of the molecule is CCOC(=O)C1CCN(S(=O)(=O)c2cccc(C(=O)CNc3ccc(OC)cc3OC)c2)CC1. The maximum Gasteiger partial charge on any atom is 0.309 e. The molecular weight excluding hydrogens is 460 g/mol. The van der Waals surface area contributed by atoms with E-state index in [1.54, 1.807) is 44.4 Å². The first kappa shape index (κ1) is 25.5. The first-order valence-corrected chi connectivity index (χ1v) is 12.5. The van der Waals surface area contributed by atoms with Gasteiger partial charge >= 0.3 is 5.97 Å². The Bertz CT molecular complexity index is 1130. The van der Waals surface area contributed by atoms with Gasteiger partial charge in [-0.1, -0.05) is 12.1 Å². The van der Waals surface area contributed by atoms with Crippen LogP contribution < -0.4 is 14.8 Å². The highest BCUT2D eigenvalue weighted by Crippen LogP contribution is 2.29. The molecule has 10 heteroatoms. The lowest BCUT2D eigenvalue weighted by molar-refractivity contribution is -0.149. The molecule has 0 aliphatic carbocycles. The number of rotatable bonds is 10. The van der Waals surface area contributed by atoms with Gasteiger partial charge in [-0.05, 0) is 44.0 Å². The van der Waals surface area contributed by atoms with Crippen molar-refractivity contribution in [2.75, 3.05) is 45.8 Å². The maximum absolute atomic E-state index is 13.1. The number of carbonyl (C=O) groups excluding carboxylic acids is 2. The van der Waals surface area contributed by atoms with Crippen LogP contribution in [0.15, 0.2) is 47.4 Å². The fourth-order valence-corrected chi connectivity index (χ4v) is 5.31. The second-order valence-corrected chi connectivity index (χ2v) is 9.74. The molecule has 0 bridgehead atoms. The lowest BCUT2D eigenvalue weighted by Crippen LogP contribution is -2.40. The van der Waals surface area contributed by atoms with Gasteiger partial charge in [0.2, 0.25) is 10.0 Å². The second-order valence-electron chi connectivity index (χ2n) is 7.80. The molecule has 1 saturated heterocycles. The molecule has 1 N–H and O–H groups in total. The Morgan fingerprint density at radius 1 is 1.06 bits per heavy atom. The van der Waals surface area contributed by atoms with Crippen LogP contribution in [0.2, 0.25) is 0 Å². The first-order chi connectivity index (χ1) is 16.3. The minimum atomic E-state index is -3.79. The highest BCUT2D eigenvalue weighted by Gasteiger charge is 2.33. The van der Waals surface area contributed by atoms with Crippen molar-refractivity contribution in [3.63, 3.8) is 0 Å². The van der Waals surface area contributed by atoms with E-state index in [-0.39, 0.29) is 47.8 Å². The molecule has 1 aliphatic heterocycles. The van der Waals surface area contributed by atoms with E-state index in [1.165, 1.54) is 23.5 Å². The molecule has 2 aromatic carbocycles. The number of piperidine rings is 1. The molecule has 34 heavy (non-hydrogen) atoms. The third-order valence-corrected chi connectivity index (χ3v) is 7.61. The van der Waals surface area contributed by atoms with Crippen molar-refractivity contribution < 1.29 is 32.2 Å². The van der Waals surface area contributed by atoms with E-state index in [4.69, 9.17) is 14.2 Å². The van der Waals surface area contributed by atoms with E-state index in [2.05, 4.69) is 5.32 Å². The summed E-state index contributed by atoms with van der Waals surface area (Å²) in [4.78, 5) is 24.8. The standard InChI is InChI=1S/C24H30N2O7S/c1-4-33-24(28)17-10-12-26(13-11-17)34(29,30)20-7-5-6-18(14-20)22(27)16-25-21-9-8-19(31-2)15-23(21)32-3/h5-9,14-15,17,25H,4,10-13,16H2,1-3H3. The van der Waals surface area contributed by atoms with E-state index in [0.717, 1.165) is 0 Å². The number of benzene rings is 2. The predicted octanol–water partition coefficient (Wildman–Crippen LogP) is 2.96. The number of anilines is 1. The van der Waals surface area contributed by atoms with Crippen LogP contribution >= 0.6 is 0 Å². The molecule has 1 fully saturated rings. The molecule has 0 aromatic heterocycles. The molecule has 0 radical (unpaired) electrons. The highest BCUT2D eigenvalue weighted by atomic mass is 32.2. The summed E-state index contributed by atoms with van der Waals surface area (Å²) in [5.74, 6) is 0.303. The van der Waals surface area contributed by atoms with Crippen LogP contribution in [0.5, 0.6) is 11.5 Å². The fourth-order valence-electron chi connectivity index (χ4n) is 3.79. The van der Waals surface area contributed by atoms with Crippen molar-refractivity contribution in [1.82, 2.24) is 4.31 Å². The van der Waals surface area contributed by atoms with Crippen molar-refractivity contribution in [1.29, 1.82) is 0 Å². The van der Waals surface area contributed by atoms with E-state index in [9.17, 15) is 18.0 Å². The van der Waals surface area contributed by atoms with Crippen LogP contribution in [0, 0.1) is 5.92 Å². The summed E-state index contributed by atoms with van der Waals surface area (Å²) in [7, 11) is -0.720. The monoisotopic (exact) mass is 490 g/mol. The van der Waals surface area contributed by atoms with Crippen LogP contribution in [-0.2, 0) is 19.6 Å². The molecule has 0 atom stereocenters. The fraction of sp³-hybridized carbons (Fsp3) is 0.417. The Morgan fingerprint density at radius 2 is 1.79 bits per heavy atom. The topological polar surface area (TPSA) is 111 Å². The first-order valence-electron chi connectivity index (χ1n) is 11.1. The van der Waals surface area contributed by atoms with Crippen molar-refractivity contribution in [2.24, 2.45) is 5.92 Å². The van der Waals surface area contributed by atoms with Crippen molar-refractivity contribution in [2.45, 2.75) is 24.7 Å². The smallest absolute Gasteiger partial charge is 0.309 e. The van der Waals surface area contributed by atoms with Gasteiger partial charge in [-0.25, -0.2) is 8.42 Å². The van der Waals surface area contributed by atoms with Gasteiger partial charge in [0, 0.05) is 24.7 Å². The number of carbonyl (C=O) groups is 2. The summed E-state index contributed by atoms with van der Waals surface area (Å²) < 4.78 is 43.2. The average molecular weight is 491 g/mol. The zero-order valence-electron chi connectivity index (χ0n) is 19.6. The summed E-state index contributed by atoms with van der Waals surface area (Å²) >= 11 is 0. The molecule has 0 spiro atoms. The van der Waals surface area contributed by atoms with Gasteiger partial charge in [0.15, 0.2) is 5.78 Å². The van der Waals surface area contributed by atoms with E-state index in [0.29, 0.717) is 36.6 Å². The van der Waals surface area contributed by atoms with Crippen LogP contribution in [0.3, 0.4) is 0 Å². The Morgan fingerprint density at radius 3 is 2.44 bits per heavy atom. The van der Waals surface area contributed by atoms with Crippen molar-refractivity contribution >= 4 is 27.5 Å². The number of sulfonamides is 1. The molecule has 184 valence electrons. The van der Waals surface area contributed by atoms with Gasteiger partial charge in [-0.15, -0.1) is 0 Å². The van der Waals surface area contributed by atoms with E-state index in [1.807, 2.05) is 0 Å². The van der Waals surface area contributed by atoms with Gasteiger partial charge in [0.25, 0.3) is 0 Å². The van der Waals surface area contributed by atoms with Gasteiger partial charge in [0.1, 0.15) is 11.5 Å². The molecule has 1 heterocycles. The summed E-state index contributed by atoms with van der Waals surface area (Å²) in [5, 5.41) is 3.03. The molecular formula is C24H30N2O7S. The lowest BCUT2D eigenvalue weighted by Gasteiger charge is -2.30. The average Bonchev–Trinajstić information content (AvgIpc) is 2.87. The maximum atomic E-state index is 13.1. The number of esters is 1. The number of hydrogen-bond donors (Lipinski definition) is 1. The number of nitrogens with zero attached hydrogens (tertiary/aromatic N) is 1. The number of ketones is 1. The summed E-state index contributed by atoms with van der Waals surface area (Å²) in [6, 6.07) is 11.2. The van der Waals surface area contributed by atoms with Crippen LogP contribution in [0.25, 0.3) is 0 Å². The number of Topliss-reactive ketones (excluding diaryl/α,β-unsaturated/α-hetero) is 1. The summed E-state index contributed by atoms with van der Waals surface area (Å²) in [5.41, 5.74) is 0.896. The summed E-state index contributed by atoms with van der Waals surface area (Å²) in [6.45, 7) is 2.45. The Balaban J connectivity index is 1.67. The molecule has 0 amide bonds. The van der Waals surface area contributed by atoms with Gasteiger partial charge in [-0.2, -0.15) is 4.31 Å². The molecule has 0 unspecified atom stereocenters. The zero-order chi connectivity index (χ0) is 24.7. The van der Waals surface area contributed by atoms with Crippen LogP contribution in [0.1, 0.15) is 30.1 Å². The van der Waals surface area contributed by atoms with Gasteiger partial charge < -0.3 is 19.5 Å². The number of methoxy groups -OCH3 is 2. The normalized spacial score (nSPS) is 14.9. The van der Waals surface area contributed by atoms with E-state index < -0.39 is 10.0 Å². The minimum absolute atomic E-state index is 0.0445. The molecule has 9 nitrogen and oxygen atoms in total. The van der Waals surface area contributed by atoms with Crippen molar-refractivity contribution in [3.05, 3.63) is 48.0 Å². The van der Waals surface area contributed by atoms with Crippen molar-refractivity contribution in [3.8, 4) is 11.5 Å². The van der Waals surface area contributed by atoms with Gasteiger partial charge in [0.05, 0.1) is 43.9 Å². The Hall–Kier alpha value is -3.11. The minimum Gasteiger partial charge on any atom is -0.497 e. The molecule has 2 aromatic rings. The Labute approximate surface area is 200 Å². The quantitative estimate of drug-likeness (QED) is 0.400. The van der Waals surface area contributed by atoms with Crippen LogP contribution in [-0.4, -0.2) is 64.9 Å². The lowest BCUT2D eigenvalue weighted by atomic mass is 9.98.